The fourth-order valence-corrected chi connectivity index (χ4v) is 2.27. The largest absolute Gasteiger partial charge is 0.423 e. The Labute approximate surface area is 152 Å². The molecule has 0 aliphatic rings. The molecule has 9 heteroatoms. The van der Waals surface area contributed by atoms with Gasteiger partial charge in [0, 0.05) is 12.1 Å². The lowest BCUT2D eigenvalue weighted by molar-refractivity contribution is -0.137. The third kappa shape index (κ3) is 4.43. The highest BCUT2D eigenvalue weighted by Gasteiger charge is 2.30. The number of aromatic nitrogens is 2. The first-order chi connectivity index (χ1) is 12.9. The molecule has 0 bridgehead atoms. The van der Waals surface area contributed by atoms with Gasteiger partial charge in [0.15, 0.2) is 5.76 Å². The molecular weight excluding hydrogens is 361 g/mol. The summed E-state index contributed by atoms with van der Waals surface area (Å²) in [7, 11) is 0. The van der Waals surface area contributed by atoms with Gasteiger partial charge in [-0.25, -0.2) is 9.97 Å². The summed E-state index contributed by atoms with van der Waals surface area (Å²) in [5, 5.41) is 5.52. The number of pyridine rings is 1. The van der Waals surface area contributed by atoms with E-state index >= 15 is 0 Å². The molecule has 0 unspecified atom stereocenters. The van der Waals surface area contributed by atoms with E-state index in [-0.39, 0.29) is 17.6 Å². The molecule has 3 aromatic rings. The number of oxazole rings is 1. The predicted molar refractivity (Wildman–Crippen MR) is 92.5 cm³/mol. The molecule has 0 spiro atoms. The highest BCUT2D eigenvalue weighted by Crippen LogP contribution is 2.31. The fourth-order valence-electron chi connectivity index (χ4n) is 2.27. The number of anilines is 2. The van der Waals surface area contributed by atoms with Crippen LogP contribution < -0.4 is 10.6 Å². The molecule has 0 atom stereocenters. The van der Waals surface area contributed by atoms with Crippen LogP contribution in [0.15, 0.2) is 53.2 Å². The van der Waals surface area contributed by atoms with Gasteiger partial charge < -0.3 is 15.1 Å². The minimum atomic E-state index is -4.39. The average Bonchev–Trinajstić information content (AvgIpc) is 3.10. The summed E-state index contributed by atoms with van der Waals surface area (Å²) in [6.07, 6.45) is -1.53. The molecule has 0 aliphatic heterocycles. The predicted octanol–water partition coefficient (Wildman–Crippen LogP) is 4.25. The van der Waals surface area contributed by atoms with Crippen molar-refractivity contribution in [1.82, 2.24) is 15.3 Å². The van der Waals surface area contributed by atoms with E-state index in [1.54, 1.807) is 12.1 Å². The second-order valence-corrected chi connectivity index (χ2v) is 5.52. The van der Waals surface area contributed by atoms with Crippen molar-refractivity contribution in [2.75, 3.05) is 11.9 Å². The van der Waals surface area contributed by atoms with Gasteiger partial charge in [-0.1, -0.05) is 12.1 Å². The molecule has 1 aromatic carbocycles. The second-order valence-electron chi connectivity index (χ2n) is 5.52. The van der Waals surface area contributed by atoms with Gasteiger partial charge in [0.1, 0.15) is 5.69 Å². The Balaban J connectivity index is 1.70. The van der Waals surface area contributed by atoms with Crippen molar-refractivity contribution in [2.24, 2.45) is 0 Å². The maximum atomic E-state index is 12.6. The lowest BCUT2D eigenvalue weighted by Crippen LogP contribution is -2.23. The zero-order chi connectivity index (χ0) is 19.4. The first kappa shape index (κ1) is 18.4. The molecule has 2 N–H and O–H groups in total. The minimum absolute atomic E-state index is 0.150. The Bertz CT molecular complexity index is 919. The van der Waals surface area contributed by atoms with Crippen LogP contribution in [0.5, 0.6) is 0 Å². The number of rotatable bonds is 5. The fraction of sp³-hybridized carbons (Fsp3) is 0.167. The van der Waals surface area contributed by atoms with E-state index in [0.29, 0.717) is 23.6 Å². The summed E-state index contributed by atoms with van der Waals surface area (Å²) < 4.78 is 43.3. The van der Waals surface area contributed by atoms with Crippen molar-refractivity contribution in [3.8, 4) is 11.3 Å². The SMILES string of the molecule is CCNC(=O)c1ccc(Nc2ncc(-c3ccc(C(F)(F)F)cc3)o2)cn1. The maximum absolute atomic E-state index is 12.6. The Hall–Kier alpha value is -3.36. The zero-order valence-electron chi connectivity index (χ0n) is 14.2. The molecule has 2 heterocycles. The van der Waals surface area contributed by atoms with Crippen molar-refractivity contribution in [1.29, 1.82) is 0 Å². The van der Waals surface area contributed by atoms with E-state index in [1.807, 2.05) is 6.92 Å². The lowest BCUT2D eigenvalue weighted by atomic mass is 10.1. The summed E-state index contributed by atoms with van der Waals surface area (Å²) in [6, 6.07) is 7.93. The van der Waals surface area contributed by atoms with Crippen molar-refractivity contribution < 1.29 is 22.4 Å². The van der Waals surface area contributed by atoms with Crippen LogP contribution in [0.4, 0.5) is 24.9 Å². The van der Waals surface area contributed by atoms with E-state index in [2.05, 4.69) is 20.6 Å². The monoisotopic (exact) mass is 376 g/mol. The van der Waals surface area contributed by atoms with E-state index in [4.69, 9.17) is 4.42 Å². The molecule has 0 aliphatic carbocycles. The Morgan fingerprint density at radius 3 is 2.41 bits per heavy atom. The molecule has 140 valence electrons. The highest BCUT2D eigenvalue weighted by atomic mass is 19.4. The minimum Gasteiger partial charge on any atom is -0.423 e. The first-order valence-electron chi connectivity index (χ1n) is 8.01. The van der Waals surface area contributed by atoms with Crippen LogP contribution in [0.2, 0.25) is 0 Å². The van der Waals surface area contributed by atoms with E-state index in [0.717, 1.165) is 12.1 Å². The van der Waals surface area contributed by atoms with Crippen LogP contribution in [0.1, 0.15) is 23.0 Å². The summed E-state index contributed by atoms with van der Waals surface area (Å²) in [4.78, 5) is 19.7. The molecule has 1 amide bonds. The van der Waals surface area contributed by atoms with Gasteiger partial charge in [-0.05, 0) is 31.2 Å². The van der Waals surface area contributed by atoms with Gasteiger partial charge >= 0.3 is 6.18 Å². The topological polar surface area (TPSA) is 80.0 Å². The third-order valence-corrected chi connectivity index (χ3v) is 3.59. The molecule has 0 saturated carbocycles. The number of nitrogens with zero attached hydrogens (tertiary/aromatic N) is 2. The van der Waals surface area contributed by atoms with Gasteiger partial charge in [0.05, 0.1) is 23.6 Å². The molecule has 3 rings (SSSR count). The molecule has 0 radical (unpaired) electrons. The van der Waals surface area contributed by atoms with Crippen LogP contribution in [0.3, 0.4) is 0 Å². The summed E-state index contributed by atoms with van der Waals surface area (Å²) in [6.45, 7) is 2.31. The maximum Gasteiger partial charge on any atom is 0.416 e. The lowest BCUT2D eigenvalue weighted by Gasteiger charge is -2.06. The number of halogens is 3. The molecule has 2 aromatic heterocycles. The number of benzene rings is 1. The van der Waals surface area contributed by atoms with E-state index in [9.17, 15) is 18.0 Å². The van der Waals surface area contributed by atoms with Gasteiger partial charge in [0.2, 0.25) is 0 Å². The summed E-state index contributed by atoms with van der Waals surface area (Å²) >= 11 is 0. The van der Waals surface area contributed by atoms with Crippen LogP contribution in [-0.2, 0) is 6.18 Å². The smallest absolute Gasteiger partial charge is 0.416 e. The molecule has 0 saturated heterocycles. The van der Waals surface area contributed by atoms with Crippen LogP contribution in [-0.4, -0.2) is 22.4 Å². The van der Waals surface area contributed by atoms with Gasteiger partial charge in [-0.3, -0.25) is 4.79 Å². The highest BCUT2D eigenvalue weighted by molar-refractivity contribution is 5.92. The molecule has 6 nitrogen and oxygen atoms in total. The Morgan fingerprint density at radius 2 is 1.81 bits per heavy atom. The Morgan fingerprint density at radius 1 is 1.07 bits per heavy atom. The second kappa shape index (κ2) is 7.48. The standard InChI is InChI=1S/C18H15F3N4O2/c1-2-22-16(26)14-8-7-13(9-23-14)25-17-24-10-15(27-17)11-3-5-12(6-4-11)18(19,20)21/h3-10H,2H2,1H3,(H,22,26)(H,24,25). The van der Waals surface area contributed by atoms with Crippen molar-refractivity contribution in [3.63, 3.8) is 0 Å². The summed E-state index contributed by atoms with van der Waals surface area (Å²) in [5.74, 6) is 0.0443. The zero-order valence-corrected chi connectivity index (χ0v) is 14.2. The van der Waals surface area contributed by atoms with Crippen LogP contribution in [0, 0.1) is 0 Å². The van der Waals surface area contributed by atoms with E-state index in [1.165, 1.54) is 24.5 Å². The van der Waals surface area contributed by atoms with Crippen LogP contribution >= 0.6 is 0 Å². The number of nitrogens with one attached hydrogen (secondary N) is 2. The van der Waals surface area contributed by atoms with Gasteiger partial charge in [-0.2, -0.15) is 13.2 Å². The molecular formula is C18H15F3N4O2. The first-order valence-corrected chi connectivity index (χ1v) is 8.01. The van der Waals surface area contributed by atoms with Crippen LogP contribution in [0.25, 0.3) is 11.3 Å². The van der Waals surface area contributed by atoms with E-state index < -0.39 is 11.7 Å². The summed E-state index contributed by atoms with van der Waals surface area (Å²) in [5.41, 5.74) is 0.555. The number of carbonyl (C=O) groups is 1. The number of carbonyl (C=O) groups excluding carboxylic acids is 1. The average molecular weight is 376 g/mol. The normalized spacial score (nSPS) is 11.3. The number of amides is 1. The van der Waals surface area contributed by atoms with Gasteiger partial charge in [0.25, 0.3) is 11.9 Å². The van der Waals surface area contributed by atoms with Crippen molar-refractivity contribution in [3.05, 3.63) is 60.0 Å². The number of hydrogen-bond acceptors (Lipinski definition) is 5. The van der Waals surface area contributed by atoms with Crippen molar-refractivity contribution in [2.45, 2.75) is 13.1 Å². The number of hydrogen-bond donors (Lipinski definition) is 2. The quantitative estimate of drug-likeness (QED) is 0.696. The van der Waals surface area contributed by atoms with Crippen molar-refractivity contribution >= 4 is 17.6 Å². The molecule has 0 fully saturated rings. The molecule has 27 heavy (non-hydrogen) atoms. The van der Waals surface area contributed by atoms with Gasteiger partial charge in [-0.15, -0.1) is 0 Å². The third-order valence-electron chi connectivity index (χ3n) is 3.59. The Kier molecular flexibility index (Phi) is 5.11. The number of alkyl halides is 3.